The van der Waals surface area contributed by atoms with Crippen LogP contribution in [0.2, 0.25) is 0 Å². The fourth-order valence-corrected chi connectivity index (χ4v) is 2.64. The molecule has 162 valence electrons. The molecule has 3 N–H and O–H groups in total. The number of amides is 1. The first kappa shape index (κ1) is 23.4. The second kappa shape index (κ2) is 12.0. The first-order chi connectivity index (χ1) is 15.0. The molecule has 2 atom stereocenters. The molecule has 9 heteroatoms. The second-order valence-electron chi connectivity index (χ2n) is 6.18. The van der Waals surface area contributed by atoms with E-state index in [-0.39, 0.29) is 13.2 Å². The first-order valence-electron chi connectivity index (χ1n) is 9.22. The van der Waals surface area contributed by atoms with Crippen molar-refractivity contribution in [2.75, 3.05) is 25.6 Å². The molecule has 0 spiro atoms. The van der Waals surface area contributed by atoms with Gasteiger partial charge in [0.25, 0.3) is 0 Å². The molecule has 0 unspecified atom stereocenters. The molecule has 2 aromatic carbocycles. The molecule has 0 aliphatic rings. The molecular weight excluding hydrogens is 404 g/mol. The Labute approximate surface area is 179 Å². The maximum atomic E-state index is 12.5. The maximum absolute atomic E-state index is 12.5. The van der Waals surface area contributed by atoms with E-state index in [1.807, 2.05) is 6.07 Å². The van der Waals surface area contributed by atoms with Gasteiger partial charge in [-0.2, -0.15) is 5.26 Å². The molecule has 2 rings (SSSR count). The number of methoxy groups -OCH3 is 1. The number of anilines is 1. The van der Waals surface area contributed by atoms with E-state index in [4.69, 9.17) is 29.7 Å². The predicted octanol–water partition coefficient (Wildman–Crippen LogP) is 2.87. The second-order valence-corrected chi connectivity index (χ2v) is 6.18. The van der Waals surface area contributed by atoms with Crippen LogP contribution in [0.4, 0.5) is 10.5 Å². The van der Waals surface area contributed by atoms with Crippen LogP contribution in [0.1, 0.15) is 17.2 Å². The zero-order valence-electron chi connectivity index (χ0n) is 16.7. The minimum absolute atomic E-state index is 0.0841. The van der Waals surface area contributed by atoms with Crippen molar-refractivity contribution in [1.29, 1.82) is 5.26 Å². The monoisotopic (exact) mass is 426 g/mol. The molecule has 0 saturated carbocycles. The lowest BCUT2D eigenvalue weighted by atomic mass is 10.0. The lowest BCUT2D eigenvalue weighted by Gasteiger charge is -2.24. The quantitative estimate of drug-likeness (QED) is 0.493. The number of hydrogen-bond acceptors (Lipinski definition) is 7. The Morgan fingerprint density at radius 1 is 1.23 bits per heavy atom. The zero-order valence-corrected chi connectivity index (χ0v) is 16.7. The van der Waals surface area contributed by atoms with Crippen LogP contribution in [-0.2, 0) is 14.3 Å². The molecule has 0 aliphatic carbocycles. The van der Waals surface area contributed by atoms with E-state index in [9.17, 15) is 9.59 Å². The van der Waals surface area contributed by atoms with Crippen molar-refractivity contribution in [3.05, 3.63) is 71.8 Å². The van der Waals surface area contributed by atoms with Gasteiger partial charge in [-0.3, -0.25) is 5.32 Å². The van der Waals surface area contributed by atoms with Crippen LogP contribution in [0.15, 0.2) is 60.7 Å². The topological polar surface area (TPSA) is 138 Å². The van der Waals surface area contributed by atoms with Crippen molar-refractivity contribution < 1.29 is 34.0 Å². The maximum Gasteiger partial charge on any atom is 0.412 e. The normalized spacial score (nSPS) is 12.5. The molecular formula is C22H22N2O7. The summed E-state index contributed by atoms with van der Waals surface area (Å²) in [5.41, 5.74) is 1.35. The van der Waals surface area contributed by atoms with E-state index in [0.29, 0.717) is 22.6 Å². The Morgan fingerprint density at radius 3 is 2.58 bits per heavy atom. The van der Waals surface area contributed by atoms with Crippen LogP contribution < -0.4 is 10.1 Å². The number of hydrogen-bond donors (Lipinski definition) is 3. The van der Waals surface area contributed by atoms with Gasteiger partial charge in [-0.05, 0) is 48.0 Å². The van der Waals surface area contributed by atoms with Gasteiger partial charge in [0.1, 0.15) is 18.5 Å². The summed E-state index contributed by atoms with van der Waals surface area (Å²) in [6.45, 7) is -0.0834. The van der Waals surface area contributed by atoms with Crippen molar-refractivity contribution >= 4 is 17.7 Å². The summed E-state index contributed by atoms with van der Waals surface area (Å²) in [6.07, 6.45) is -0.548. The molecule has 1 amide bonds. The van der Waals surface area contributed by atoms with Crippen molar-refractivity contribution in [2.45, 2.75) is 12.2 Å². The number of nitriles is 1. The Balaban J connectivity index is 2.26. The number of carbonyl (C=O) groups is 2. The number of nitrogens with one attached hydrogen (secondary N) is 1. The van der Waals surface area contributed by atoms with Gasteiger partial charge in [0, 0.05) is 18.9 Å². The molecule has 2 aromatic rings. The van der Waals surface area contributed by atoms with Crippen LogP contribution >= 0.6 is 0 Å². The van der Waals surface area contributed by atoms with Crippen molar-refractivity contribution in [2.24, 2.45) is 0 Å². The third kappa shape index (κ3) is 7.47. The molecule has 0 bridgehead atoms. The highest BCUT2D eigenvalue weighted by molar-refractivity contribution is 5.85. The van der Waals surface area contributed by atoms with Crippen molar-refractivity contribution in [3.8, 4) is 11.8 Å². The van der Waals surface area contributed by atoms with Crippen LogP contribution in [0.3, 0.4) is 0 Å². The number of carboxylic acid groups (broad SMARTS) is 1. The fourth-order valence-electron chi connectivity index (χ4n) is 2.64. The van der Waals surface area contributed by atoms with Gasteiger partial charge < -0.3 is 24.4 Å². The highest BCUT2D eigenvalue weighted by atomic mass is 16.6. The predicted molar refractivity (Wildman–Crippen MR) is 111 cm³/mol. The van der Waals surface area contributed by atoms with E-state index in [2.05, 4.69) is 5.32 Å². The highest BCUT2D eigenvalue weighted by Crippen LogP contribution is 2.28. The van der Waals surface area contributed by atoms with E-state index < -0.39 is 24.3 Å². The average Bonchev–Trinajstić information content (AvgIpc) is 2.77. The van der Waals surface area contributed by atoms with Gasteiger partial charge in [-0.25, -0.2) is 9.59 Å². The van der Waals surface area contributed by atoms with Gasteiger partial charge in [-0.1, -0.05) is 12.1 Å². The number of benzene rings is 2. The third-order valence-electron chi connectivity index (χ3n) is 4.04. The number of aliphatic hydroxyl groups excluding tert-OH is 1. The van der Waals surface area contributed by atoms with Gasteiger partial charge >= 0.3 is 12.1 Å². The minimum Gasteiger partial charge on any atom is -0.491 e. The van der Waals surface area contributed by atoms with Crippen molar-refractivity contribution in [3.63, 3.8) is 0 Å². The van der Waals surface area contributed by atoms with Gasteiger partial charge in [0.2, 0.25) is 0 Å². The largest absolute Gasteiger partial charge is 0.491 e. The number of carboxylic acids is 1. The summed E-state index contributed by atoms with van der Waals surface area (Å²) in [4.78, 5) is 23.4. The summed E-state index contributed by atoms with van der Waals surface area (Å²) >= 11 is 0. The Bertz CT molecular complexity index is 951. The Morgan fingerprint density at radius 2 is 1.97 bits per heavy atom. The Kier molecular flexibility index (Phi) is 9.04. The molecule has 0 saturated heterocycles. The van der Waals surface area contributed by atoms with E-state index in [1.165, 1.54) is 13.2 Å². The van der Waals surface area contributed by atoms with Crippen LogP contribution in [0.25, 0.3) is 0 Å². The number of aliphatic carboxylic acids is 1. The number of rotatable bonds is 10. The summed E-state index contributed by atoms with van der Waals surface area (Å²) in [7, 11) is 1.36. The smallest absolute Gasteiger partial charge is 0.412 e. The SMILES string of the molecule is CO[C@@H](/C=C/C(=O)O)[C@@H](OC(=O)Nc1ccc(C#N)cc1)c1cccc(OCCO)c1. The first-order valence-corrected chi connectivity index (χ1v) is 9.22. The number of aliphatic hydroxyl groups is 1. The zero-order chi connectivity index (χ0) is 22.6. The molecule has 9 nitrogen and oxygen atoms in total. The number of ether oxygens (including phenoxy) is 3. The molecule has 0 radical (unpaired) electrons. The number of carbonyl (C=O) groups excluding carboxylic acids is 1. The molecule has 0 heterocycles. The average molecular weight is 426 g/mol. The third-order valence-corrected chi connectivity index (χ3v) is 4.04. The molecule has 0 aromatic heterocycles. The van der Waals surface area contributed by atoms with E-state index >= 15 is 0 Å². The number of nitrogens with zero attached hydrogens (tertiary/aromatic N) is 1. The summed E-state index contributed by atoms with van der Waals surface area (Å²) in [5, 5.41) is 29.3. The van der Waals surface area contributed by atoms with E-state index in [0.717, 1.165) is 6.08 Å². The molecule has 31 heavy (non-hydrogen) atoms. The fraction of sp³-hybridized carbons (Fsp3) is 0.227. The lowest BCUT2D eigenvalue weighted by molar-refractivity contribution is -0.131. The van der Waals surface area contributed by atoms with Crippen LogP contribution in [-0.4, -0.2) is 48.7 Å². The minimum atomic E-state index is -1.18. The van der Waals surface area contributed by atoms with Gasteiger partial charge in [-0.15, -0.1) is 0 Å². The molecule has 0 fully saturated rings. The van der Waals surface area contributed by atoms with Gasteiger partial charge in [0.15, 0.2) is 6.10 Å². The van der Waals surface area contributed by atoms with E-state index in [1.54, 1.807) is 48.5 Å². The standard InChI is InChI=1S/C22H22N2O7/c1-29-19(9-10-20(26)27)21(16-3-2-4-18(13-16)30-12-11-25)31-22(28)24-17-7-5-15(14-23)6-8-17/h2-10,13,19,21,25H,11-12H2,1H3,(H,24,28)(H,26,27)/b10-9+/t19-,21-/m0/s1. The van der Waals surface area contributed by atoms with Gasteiger partial charge in [0.05, 0.1) is 18.2 Å². The Hall–Kier alpha value is -3.87. The van der Waals surface area contributed by atoms with Crippen LogP contribution in [0, 0.1) is 11.3 Å². The molecule has 0 aliphatic heterocycles. The summed E-state index contributed by atoms with van der Waals surface area (Å²) in [6, 6.07) is 14.8. The lowest BCUT2D eigenvalue weighted by Crippen LogP contribution is -2.27. The summed E-state index contributed by atoms with van der Waals surface area (Å²) < 4.78 is 16.3. The van der Waals surface area contributed by atoms with Crippen LogP contribution in [0.5, 0.6) is 5.75 Å². The van der Waals surface area contributed by atoms with Crippen molar-refractivity contribution in [1.82, 2.24) is 0 Å². The highest BCUT2D eigenvalue weighted by Gasteiger charge is 2.26. The summed E-state index contributed by atoms with van der Waals surface area (Å²) in [5.74, 6) is -0.743.